The van der Waals surface area contributed by atoms with Gasteiger partial charge in [0.1, 0.15) is 17.1 Å². The number of carbonyl (C=O) groups is 1. The molecule has 21 heavy (non-hydrogen) atoms. The van der Waals surface area contributed by atoms with E-state index in [0.29, 0.717) is 5.75 Å². The van der Waals surface area contributed by atoms with Crippen molar-refractivity contribution in [3.8, 4) is 0 Å². The number of nitrogens with zero attached hydrogens (tertiary/aromatic N) is 2. The summed E-state index contributed by atoms with van der Waals surface area (Å²) in [5.41, 5.74) is -0.206. The lowest BCUT2D eigenvalue weighted by molar-refractivity contribution is 0.0681. The van der Waals surface area contributed by atoms with Gasteiger partial charge in [-0.1, -0.05) is 17.7 Å². The van der Waals surface area contributed by atoms with Crippen molar-refractivity contribution < 1.29 is 18.7 Å². The van der Waals surface area contributed by atoms with Crippen molar-refractivity contribution in [2.45, 2.75) is 24.0 Å². The van der Waals surface area contributed by atoms with Crippen LogP contribution in [-0.4, -0.2) is 21.0 Å². The zero-order chi connectivity index (χ0) is 15.4. The zero-order valence-electron chi connectivity index (χ0n) is 11.1. The zero-order valence-corrected chi connectivity index (χ0v) is 11.9. The topological polar surface area (TPSA) is 63.1 Å². The van der Waals surface area contributed by atoms with E-state index >= 15 is 0 Å². The molecule has 1 N–H and O–H groups in total. The van der Waals surface area contributed by atoms with Crippen LogP contribution in [0.5, 0.6) is 0 Å². The van der Waals surface area contributed by atoms with Crippen molar-refractivity contribution in [2.75, 3.05) is 0 Å². The SMILES string of the molecule is Cc1cccc(SCc2ncc(C(=O)O)c(C(F)F)n2)c1. The number of carboxylic acids is 1. The molecule has 0 aliphatic heterocycles. The van der Waals surface area contributed by atoms with Gasteiger partial charge < -0.3 is 5.11 Å². The molecule has 1 aromatic carbocycles. The Morgan fingerprint density at radius 3 is 2.81 bits per heavy atom. The standard InChI is InChI=1S/C14H12F2N2O2S/c1-8-3-2-4-9(5-8)21-7-11-17-6-10(14(19)20)12(18-11)13(15)16/h2-6,13H,7H2,1H3,(H,19,20). The third-order valence-electron chi connectivity index (χ3n) is 2.66. The molecule has 0 spiro atoms. The van der Waals surface area contributed by atoms with E-state index in [1.807, 2.05) is 31.2 Å². The van der Waals surface area contributed by atoms with Crippen LogP contribution in [0.15, 0.2) is 35.4 Å². The molecular formula is C14H12F2N2O2S. The molecule has 0 atom stereocenters. The summed E-state index contributed by atoms with van der Waals surface area (Å²) in [5.74, 6) is -0.978. The Balaban J connectivity index is 2.17. The molecule has 0 fully saturated rings. The molecule has 0 saturated heterocycles. The van der Waals surface area contributed by atoms with Crippen molar-refractivity contribution in [2.24, 2.45) is 0 Å². The number of carboxylic acid groups (broad SMARTS) is 1. The van der Waals surface area contributed by atoms with Crippen LogP contribution in [0.25, 0.3) is 0 Å². The van der Waals surface area contributed by atoms with Gasteiger partial charge in [-0.25, -0.2) is 23.5 Å². The van der Waals surface area contributed by atoms with E-state index < -0.39 is 23.7 Å². The molecule has 0 aliphatic carbocycles. The quantitative estimate of drug-likeness (QED) is 0.853. The summed E-state index contributed by atoms with van der Waals surface area (Å²) in [6, 6.07) is 7.72. The van der Waals surface area contributed by atoms with Crippen molar-refractivity contribution in [1.29, 1.82) is 0 Å². The number of aryl methyl sites for hydroxylation is 1. The number of thioether (sulfide) groups is 1. The van der Waals surface area contributed by atoms with Crippen LogP contribution in [-0.2, 0) is 5.75 Å². The van der Waals surface area contributed by atoms with Crippen LogP contribution in [0.3, 0.4) is 0 Å². The number of rotatable bonds is 5. The van der Waals surface area contributed by atoms with Gasteiger partial charge in [-0.2, -0.15) is 0 Å². The van der Waals surface area contributed by atoms with Crippen LogP contribution in [0.1, 0.15) is 33.9 Å². The molecule has 4 nitrogen and oxygen atoms in total. The van der Waals surface area contributed by atoms with Gasteiger partial charge in [-0.15, -0.1) is 11.8 Å². The normalized spacial score (nSPS) is 10.9. The highest BCUT2D eigenvalue weighted by Gasteiger charge is 2.21. The molecule has 2 aromatic rings. The van der Waals surface area contributed by atoms with Crippen molar-refractivity contribution in [3.05, 3.63) is 53.1 Å². The van der Waals surface area contributed by atoms with Crippen LogP contribution >= 0.6 is 11.8 Å². The summed E-state index contributed by atoms with van der Waals surface area (Å²) in [4.78, 5) is 19.3. The van der Waals surface area contributed by atoms with E-state index in [4.69, 9.17) is 5.11 Å². The second-order valence-corrected chi connectivity index (χ2v) is 5.34. The number of alkyl halides is 2. The number of benzene rings is 1. The monoisotopic (exact) mass is 310 g/mol. The van der Waals surface area contributed by atoms with E-state index in [1.54, 1.807) is 0 Å². The molecule has 1 aromatic heterocycles. The highest BCUT2D eigenvalue weighted by Crippen LogP contribution is 2.25. The van der Waals surface area contributed by atoms with Gasteiger partial charge in [0.2, 0.25) is 0 Å². The van der Waals surface area contributed by atoms with Gasteiger partial charge in [0.15, 0.2) is 0 Å². The first-order chi connectivity index (χ1) is 9.97. The smallest absolute Gasteiger partial charge is 0.339 e. The van der Waals surface area contributed by atoms with E-state index in [2.05, 4.69) is 9.97 Å². The molecule has 0 bridgehead atoms. The summed E-state index contributed by atoms with van der Waals surface area (Å²) in [7, 11) is 0. The molecule has 0 aliphatic rings. The molecule has 0 radical (unpaired) electrons. The highest BCUT2D eigenvalue weighted by molar-refractivity contribution is 7.98. The maximum absolute atomic E-state index is 12.8. The third-order valence-corrected chi connectivity index (χ3v) is 3.65. The Hall–Kier alpha value is -2.02. The summed E-state index contributed by atoms with van der Waals surface area (Å²) in [5, 5.41) is 8.83. The first kappa shape index (κ1) is 15.4. The number of halogens is 2. The maximum Gasteiger partial charge on any atom is 0.339 e. The second-order valence-electron chi connectivity index (χ2n) is 4.30. The number of aromatic nitrogens is 2. The van der Waals surface area contributed by atoms with E-state index in [9.17, 15) is 13.6 Å². The molecule has 2 rings (SSSR count). The van der Waals surface area contributed by atoms with Crippen LogP contribution < -0.4 is 0 Å². The fraction of sp³-hybridized carbons (Fsp3) is 0.214. The van der Waals surface area contributed by atoms with Gasteiger partial charge in [0.25, 0.3) is 6.43 Å². The fourth-order valence-electron chi connectivity index (χ4n) is 1.69. The largest absolute Gasteiger partial charge is 0.478 e. The molecule has 0 amide bonds. The summed E-state index contributed by atoms with van der Waals surface area (Å²) < 4.78 is 25.6. The minimum absolute atomic E-state index is 0.182. The van der Waals surface area contributed by atoms with Crippen molar-refractivity contribution >= 4 is 17.7 Å². The van der Waals surface area contributed by atoms with Crippen LogP contribution in [0.2, 0.25) is 0 Å². The lowest BCUT2D eigenvalue weighted by Gasteiger charge is -2.07. The maximum atomic E-state index is 12.8. The molecule has 0 saturated carbocycles. The summed E-state index contributed by atoms with van der Waals surface area (Å²) in [6.07, 6.45) is -2.01. The van der Waals surface area contributed by atoms with Gasteiger partial charge >= 0.3 is 5.97 Å². The molecular weight excluding hydrogens is 298 g/mol. The Morgan fingerprint density at radius 1 is 1.43 bits per heavy atom. The highest BCUT2D eigenvalue weighted by atomic mass is 32.2. The average Bonchev–Trinajstić information content (AvgIpc) is 2.44. The van der Waals surface area contributed by atoms with Gasteiger partial charge in [0.05, 0.1) is 5.75 Å². The van der Waals surface area contributed by atoms with Crippen LogP contribution in [0.4, 0.5) is 8.78 Å². The average molecular weight is 310 g/mol. The molecule has 7 heteroatoms. The molecule has 110 valence electrons. The fourth-order valence-corrected chi connectivity index (χ4v) is 2.57. The molecule has 0 unspecified atom stereocenters. The minimum atomic E-state index is -2.94. The van der Waals surface area contributed by atoms with E-state index in [0.717, 1.165) is 16.7 Å². The Bertz CT molecular complexity index is 665. The minimum Gasteiger partial charge on any atom is -0.478 e. The Labute approximate surface area is 124 Å². The van der Waals surface area contributed by atoms with Gasteiger partial charge in [0, 0.05) is 11.1 Å². The number of aromatic carboxylic acids is 1. The van der Waals surface area contributed by atoms with Gasteiger partial charge in [-0.05, 0) is 19.1 Å². The molecule has 1 heterocycles. The summed E-state index contributed by atoms with van der Waals surface area (Å²) in [6.45, 7) is 1.96. The first-order valence-electron chi connectivity index (χ1n) is 6.04. The number of hydrogen-bond acceptors (Lipinski definition) is 4. The van der Waals surface area contributed by atoms with Crippen LogP contribution in [0, 0.1) is 6.92 Å². The Morgan fingerprint density at radius 2 is 2.19 bits per heavy atom. The van der Waals surface area contributed by atoms with Crippen molar-refractivity contribution in [1.82, 2.24) is 9.97 Å². The van der Waals surface area contributed by atoms with E-state index in [-0.39, 0.29) is 5.82 Å². The third kappa shape index (κ3) is 3.98. The second kappa shape index (κ2) is 6.62. The predicted molar refractivity (Wildman–Crippen MR) is 74.7 cm³/mol. The summed E-state index contributed by atoms with van der Waals surface area (Å²) >= 11 is 1.41. The lowest BCUT2D eigenvalue weighted by atomic mass is 10.2. The first-order valence-corrected chi connectivity index (χ1v) is 7.02. The Kier molecular flexibility index (Phi) is 4.85. The van der Waals surface area contributed by atoms with Crippen molar-refractivity contribution in [3.63, 3.8) is 0 Å². The van der Waals surface area contributed by atoms with E-state index in [1.165, 1.54) is 11.8 Å². The number of hydrogen-bond donors (Lipinski definition) is 1. The van der Waals surface area contributed by atoms with Gasteiger partial charge in [-0.3, -0.25) is 0 Å². The predicted octanol–water partition coefficient (Wildman–Crippen LogP) is 3.71. The lowest BCUT2D eigenvalue weighted by Crippen LogP contribution is -2.09.